The van der Waals surface area contributed by atoms with Gasteiger partial charge in [0.15, 0.2) is 0 Å². The van der Waals surface area contributed by atoms with E-state index in [1.54, 1.807) is 0 Å². The number of ether oxygens (including phenoxy) is 2. The van der Waals surface area contributed by atoms with Gasteiger partial charge in [-0.25, -0.2) is 5.84 Å². The van der Waals surface area contributed by atoms with Crippen LogP contribution in [0.5, 0.6) is 0 Å². The highest BCUT2D eigenvalue weighted by atomic mass is 16.5. The number of hydrazine groups is 1. The highest BCUT2D eigenvalue weighted by Crippen LogP contribution is 2.10. The molecule has 0 amide bonds. The van der Waals surface area contributed by atoms with Crippen molar-refractivity contribution in [2.75, 3.05) is 32.8 Å². The summed E-state index contributed by atoms with van der Waals surface area (Å²) in [5.74, 6) is 6.28. The third-order valence-electron chi connectivity index (χ3n) is 2.76. The van der Waals surface area contributed by atoms with Crippen LogP contribution >= 0.6 is 0 Å². The van der Waals surface area contributed by atoms with Crippen LogP contribution in [0, 0.1) is 0 Å². The van der Waals surface area contributed by atoms with Crippen LogP contribution in [-0.2, 0) is 9.47 Å². The van der Waals surface area contributed by atoms with Crippen LogP contribution < -0.4 is 11.3 Å². The van der Waals surface area contributed by atoms with E-state index in [0.29, 0.717) is 0 Å². The maximum absolute atomic E-state index is 5.68. The molecule has 18 heavy (non-hydrogen) atoms. The maximum Gasteiger partial charge on any atom is 0.208 e. The first-order valence-corrected chi connectivity index (χ1v) is 6.66. The summed E-state index contributed by atoms with van der Waals surface area (Å²) in [7, 11) is 0. The molecule has 0 bridgehead atoms. The minimum atomic E-state index is 0.204. The fourth-order valence-electron chi connectivity index (χ4n) is 2.08. The number of hydrogen-bond donors (Lipinski definition) is 2. The summed E-state index contributed by atoms with van der Waals surface area (Å²) in [5.41, 5.74) is 2.68. The summed E-state index contributed by atoms with van der Waals surface area (Å²) in [5, 5.41) is 0. The molecule has 0 aromatic rings. The van der Waals surface area contributed by atoms with E-state index in [1.165, 1.54) is 0 Å². The van der Waals surface area contributed by atoms with Gasteiger partial charge in [0.05, 0.1) is 12.2 Å². The van der Waals surface area contributed by atoms with Crippen molar-refractivity contribution in [3.8, 4) is 0 Å². The zero-order chi connectivity index (χ0) is 13.4. The fraction of sp³-hybridized carbons (Fsp3) is 0.917. The van der Waals surface area contributed by atoms with Gasteiger partial charge in [0.2, 0.25) is 5.96 Å². The van der Waals surface area contributed by atoms with Crippen molar-refractivity contribution >= 4 is 5.96 Å². The van der Waals surface area contributed by atoms with Crippen molar-refractivity contribution in [1.82, 2.24) is 10.3 Å². The Morgan fingerprint density at radius 1 is 1.44 bits per heavy atom. The summed E-state index contributed by atoms with van der Waals surface area (Å²) in [6, 6.07) is 0. The lowest BCUT2D eigenvalue weighted by molar-refractivity contribution is -0.0489. The second-order valence-corrected chi connectivity index (χ2v) is 4.56. The monoisotopic (exact) mass is 258 g/mol. The minimum Gasteiger partial charge on any atom is -0.382 e. The average Bonchev–Trinajstić information content (AvgIpc) is 2.32. The van der Waals surface area contributed by atoms with Crippen LogP contribution in [0.15, 0.2) is 4.99 Å². The normalized spacial score (nSPS) is 25.3. The lowest BCUT2D eigenvalue weighted by atomic mass is 10.2. The van der Waals surface area contributed by atoms with Crippen molar-refractivity contribution in [2.24, 2.45) is 10.8 Å². The summed E-state index contributed by atoms with van der Waals surface area (Å²) < 4.78 is 11.0. The SMILES string of the molecule is CCOCCCN=C(NN)N1CC(C)OC(C)C1. The van der Waals surface area contributed by atoms with E-state index in [9.17, 15) is 0 Å². The Labute approximate surface area is 109 Å². The number of nitrogens with zero attached hydrogens (tertiary/aromatic N) is 2. The fourth-order valence-corrected chi connectivity index (χ4v) is 2.08. The van der Waals surface area contributed by atoms with E-state index in [0.717, 1.165) is 45.2 Å². The first-order valence-electron chi connectivity index (χ1n) is 6.66. The summed E-state index contributed by atoms with van der Waals surface area (Å²) in [6.07, 6.45) is 1.32. The molecule has 1 aliphatic heterocycles. The first kappa shape index (κ1) is 15.2. The van der Waals surface area contributed by atoms with Crippen molar-refractivity contribution in [2.45, 2.75) is 39.4 Å². The molecule has 106 valence electrons. The van der Waals surface area contributed by atoms with Gasteiger partial charge in [0.1, 0.15) is 0 Å². The predicted octanol–water partition coefficient (Wildman–Crippen LogP) is 0.342. The third-order valence-corrected chi connectivity index (χ3v) is 2.76. The topological polar surface area (TPSA) is 72.1 Å². The number of hydrogen-bond acceptors (Lipinski definition) is 4. The molecule has 1 aliphatic rings. The molecule has 2 atom stereocenters. The van der Waals surface area contributed by atoms with E-state index in [1.807, 2.05) is 6.92 Å². The Hall–Kier alpha value is -0.850. The number of nitrogens with two attached hydrogens (primary N) is 1. The van der Waals surface area contributed by atoms with Crippen LogP contribution in [0.4, 0.5) is 0 Å². The van der Waals surface area contributed by atoms with Crippen molar-refractivity contribution < 1.29 is 9.47 Å². The summed E-state index contributed by atoms with van der Waals surface area (Å²) in [6.45, 7) is 9.97. The van der Waals surface area contributed by atoms with Crippen LogP contribution in [-0.4, -0.2) is 55.9 Å². The molecule has 3 N–H and O–H groups in total. The first-order chi connectivity index (χ1) is 8.67. The number of nitrogens with one attached hydrogen (secondary N) is 1. The van der Waals surface area contributed by atoms with Gasteiger partial charge >= 0.3 is 0 Å². The van der Waals surface area contributed by atoms with Crippen LogP contribution in [0.1, 0.15) is 27.2 Å². The van der Waals surface area contributed by atoms with Crippen LogP contribution in [0.25, 0.3) is 0 Å². The standard InChI is InChI=1S/C12H26N4O2/c1-4-17-7-5-6-14-12(15-13)16-8-10(2)18-11(3)9-16/h10-11H,4-9,13H2,1-3H3,(H,14,15). The number of rotatable bonds is 5. The lowest BCUT2D eigenvalue weighted by Crippen LogP contribution is -2.54. The molecule has 6 nitrogen and oxygen atoms in total. The van der Waals surface area contributed by atoms with Gasteiger partial charge in [-0.1, -0.05) is 0 Å². The highest BCUT2D eigenvalue weighted by Gasteiger charge is 2.24. The second-order valence-electron chi connectivity index (χ2n) is 4.56. The minimum absolute atomic E-state index is 0.204. The predicted molar refractivity (Wildman–Crippen MR) is 72.3 cm³/mol. The average molecular weight is 258 g/mol. The molecule has 1 fully saturated rings. The van der Waals surface area contributed by atoms with E-state index in [2.05, 4.69) is 29.2 Å². The zero-order valence-electron chi connectivity index (χ0n) is 11.7. The quantitative estimate of drug-likeness (QED) is 0.245. The molecule has 6 heteroatoms. The number of aliphatic imine (C=N–C) groups is 1. The van der Waals surface area contributed by atoms with E-state index < -0.39 is 0 Å². The van der Waals surface area contributed by atoms with Crippen molar-refractivity contribution in [3.05, 3.63) is 0 Å². The van der Waals surface area contributed by atoms with Crippen LogP contribution in [0.3, 0.4) is 0 Å². The molecule has 0 aromatic carbocycles. The number of guanidine groups is 1. The molecule has 0 aliphatic carbocycles. The molecule has 1 rings (SSSR count). The van der Waals surface area contributed by atoms with Crippen molar-refractivity contribution in [3.63, 3.8) is 0 Å². The van der Waals surface area contributed by atoms with Gasteiger partial charge in [-0.15, -0.1) is 0 Å². The Kier molecular flexibility index (Phi) is 7.00. The molecular formula is C12H26N4O2. The molecular weight excluding hydrogens is 232 g/mol. The van der Waals surface area contributed by atoms with E-state index in [-0.39, 0.29) is 12.2 Å². The Morgan fingerprint density at radius 2 is 2.11 bits per heavy atom. The lowest BCUT2D eigenvalue weighted by Gasteiger charge is -2.36. The summed E-state index contributed by atoms with van der Waals surface area (Å²) >= 11 is 0. The van der Waals surface area contributed by atoms with Crippen LogP contribution in [0.2, 0.25) is 0 Å². The summed E-state index contributed by atoms with van der Waals surface area (Å²) in [4.78, 5) is 6.62. The molecule has 0 aromatic heterocycles. The second kappa shape index (κ2) is 8.29. The van der Waals surface area contributed by atoms with Gasteiger partial charge in [0, 0.05) is 32.8 Å². The van der Waals surface area contributed by atoms with E-state index in [4.69, 9.17) is 15.3 Å². The molecule has 0 spiro atoms. The molecule has 0 saturated carbocycles. The highest BCUT2D eigenvalue weighted by molar-refractivity contribution is 5.79. The Morgan fingerprint density at radius 3 is 2.67 bits per heavy atom. The number of morpholine rings is 1. The Balaban J connectivity index is 2.41. The van der Waals surface area contributed by atoms with Gasteiger partial charge < -0.3 is 14.4 Å². The maximum atomic E-state index is 5.68. The van der Waals surface area contributed by atoms with Gasteiger partial charge in [-0.3, -0.25) is 10.4 Å². The van der Waals surface area contributed by atoms with Gasteiger partial charge in [0.25, 0.3) is 0 Å². The van der Waals surface area contributed by atoms with Gasteiger partial charge in [-0.05, 0) is 27.2 Å². The smallest absolute Gasteiger partial charge is 0.208 e. The third kappa shape index (κ3) is 5.20. The Bertz CT molecular complexity index is 250. The largest absolute Gasteiger partial charge is 0.382 e. The molecule has 1 saturated heterocycles. The van der Waals surface area contributed by atoms with Gasteiger partial charge in [-0.2, -0.15) is 0 Å². The van der Waals surface area contributed by atoms with Crippen molar-refractivity contribution in [1.29, 1.82) is 0 Å². The molecule has 0 radical (unpaired) electrons. The molecule has 1 heterocycles. The van der Waals surface area contributed by atoms with E-state index >= 15 is 0 Å². The zero-order valence-corrected chi connectivity index (χ0v) is 11.7. The molecule has 2 unspecified atom stereocenters.